The maximum absolute atomic E-state index is 10.2. The number of aromatic carboxylic acids is 1. The van der Waals surface area contributed by atoms with Crippen LogP contribution in [0.3, 0.4) is 0 Å². The maximum atomic E-state index is 10.2. The van der Waals surface area contributed by atoms with E-state index in [2.05, 4.69) is 0 Å². The van der Waals surface area contributed by atoms with Crippen LogP contribution in [0.4, 0.5) is 0 Å². The Bertz CT molecular complexity index is 295. The number of hydrogen-bond acceptors (Lipinski definition) is 4. The molecule has 0 aliphatic carbocycles. The molecule has 1 aromatic carbocycles. The van der Waals surface area contributed by atoms with E-state index in [1.54, 1.807) is 30.3 Å². The molecule has 102 valence electrons. The zero-order chi connectivity index (χ0) is 14.2. The highest BCUT2D eigenvalue weighted by Crippen LogP contribution is 1.96. The van der Waals surface area contributed by atoms with E-state index in [0.717, 1.165) is 12.8 Å². The molecule has 0 saturated carbocycles. The van der Waals surface area contributed by atoms with Crippen molar-refractivity contribution in [3.8, 4) is 0 Å². The van der Waals surface area contributed by atoms with Crippen LogP contribution in [-0.2, 0) is 4.79 Å². The van der Waals surface area contributed by atoms with Gasteiger partial charge in [-0.25, -0.2) is 4.79 Å². The molecule has 0 atom stereocenters. The molecule has 4 N–H and O–H groups in total. The van der Waals surface area contributed by atoms with Gasteiger partial charge in [-0.15, -0.1) is 0 Å². The van der Waals surface area contributed by atoms with Crippen molar-refractivity contribution in [2.24, 2.45) is 0 Å². The van der Waals surface area contributed by atoms with Crippen LogP contribution >= 0.6 is 0 Å². The number of rotatable bonds is 4. The highest BCUT2D eigenvalue weighted by atomic mass is 16.4. The van der Waals surface area contributed by atoms with Crippen LogP contribution in [-0.4, -0.2) is 46.1 Å². The summed E-state index contributed by atoms with van der Waals surface area (Å²) in [7, 11) is 0. The second-order valence-electron chi connectivity index (χ2n) is 2.93. The number of carbonyl (C=O) groups is 2. The normalized spacial score (nSPS) is 8.11. The molecular formula is C12H18O6. The average Bonchev–Trinajstić information content (AvgIpc) is 2.39. The van der Waals surface area contributed by atoms with Gasteiger partial charge in [0.1, 0.15) is 0 Å². The molecule has 0 aliphatic rings. The predicted octanol–water partition coefficient (Wildman–Crippen LogP) is 0.837. The monoisotopic (exact) mass is 258 g/mol. The third-order valence-corrected chi connectivity index (χ3v) is 1.59. The summed E-state index contributed by atoms with van der Waals surface area (Å²) in [6.45, 7) is 0.140. The van der Waals surface area contributed by atoms with Crippen LogP contribution in [0.2, 0.25) is 0 Å². The topological polar surface area (TPSA) is 115 Å². The van der Waals surface area contributed by atoms with E-state index >= 15 is 0 Å². The lowest BCUT2D eigenvalue weighted by Gasteiger charge is -1.88. The number of unbranched alkanes of at least 4 members (excludes halogenated alkanes) is 1. The van der Waals surface area contributed by atoms with Gasteiger partial charge in [0.25, 0.3) is 6.47 Å². The first-order chi connectivity index (χ1) is 8.63. The van der Waals surface area contributed by atoms with Crippen LogP contribution in [0, 0.1) is 0 Å². The quantitative estimate of drug-likeness (QED) is 0.470. The summed E-state index contributed by atoms with van der Waals surface area (Å²) in [5.41, 5.74) is 0.331. The molecular weight excluding hydrogens is 240 g/mol. The molecule has 0 heterocycles. The molecule has 1 aromatic rings. The number of carboxylic acids is 1. The maximum Gasteiger partial charge on any atom is 0.335 e. The van der Waals surface area contributed by atoms with E-state index in [-0.39, 0.29) is 19.7 Å². The third-order valence-electron chi connectivity index (χ3n) is 1.59. The fourth-order valence-corrected chi connectivity index (χ4v) is 0.804. The van der Waals surface area contributed by atoms with E-state index in [1.165, 1.54) is 0 Å². The number of aliphatic hydroxyl groups excluding tert-OH is 2. The SMILES string of the molecule is O=C(O)c1ccccc1.O=CO.OCCCCO. The van der Waals surface area contributed by atoms with E-state index < -0.39 is 5.97 Å². The summed E-state index contributed by atoms with van der Waals surface area (Å²) in [6, 6.07) is 8.30. The largest absolute Gasteiger partial charge is 0.483 e. The minimum absolute atomic E-state index is 0.195. The molecule has 1 rings (SSSR count). The van der Waals surface area contributed by atoms with Crippen molar-refractivity contribution in [2.75, 3.05) is 13.2 Å². The standard InChI is InChI=1S/C7H6O2.C4H10O2.CH2O2/c8-7(9)6-4-2-1-3-5-6;5-3-1-2-4-6;2-1-3/h1-5H,(H,8,9);5-6H,1-4H2;1H,(H,2,3). The smallest absolute Gasteiger partial charge is 0.335 e. The first kappa shape index (κ1) is 18.4. The van der Waals surface area contributed by atoms with Crippen LogP contribution in [0.15, 0.2) is 30.3 Å². The molecule has 0 amide bonds. The van der Waals surface area contributed by atoms with Crippen molar-refractivity contribution in [1.29, 1.82) is 0 Å². The summed E-state index contributed by atoms with van der Waals surface area (Å²) in [4.78, 5) is 18.6. The van der Waals surface area contributed by atoms with Gasteiger partial charge in [-0.3, -0.25) is 4.79 Å². The highest BCUT2D eigenvalue weighted by molar-refractivity contribution is 5.87. The number of hydrogen-bond donors (Lipinski definition) is 4. The minimum atomic E-state index is -0.879. The molecule has 18 heavy (non-hydrogen) atoms. The minimum Gasteiger partial charge on any atom is -0.483 e. The molecule has 0 aromatic heterocycles. The zero-order valence-corrected chi connectivity index (χ0v) is 9.90. The van der Waals surface area contributed by atoms with Gasteiger partial charge in [0.2, 0.25) is 0 Å². The first-order valence-corrected chi connectivity index (χ1v) is 5.21. The van der Waals surface area contributed by atoms with Gasteiger partial charge < -0.3 is 20.4 Å². The number of benzene rings is 1. The van der Waals surface area contributed by atoms with Crippen molar-refractivity contribution in [1.82, 2.24) is 0 Å². The second-order valence-corrected chi connectivity index (χ2v) is 2.93. The Labute approximate surface area is 105 Å². The van der Waals surface area contributed by atoms with Gasteiger partial charge in [0.15, 0.2) is 0 Å². The Hall–Kier alpha value is -1.92. The molecule has 0 radical (unpaired) electrons. The Kier molecular flexibility index (Phi) is 15.5. The van der Waals surface area contributed by atoms with Crippen LogP contribution in [0.1, 0.15) is 23.2 Å². The van der Waals surface area contributed by atoms with Crippen LogP contribution in [0.25, 0.3) is 0 Å². The van der Waals surface area contributed by atoms with Crippen molar-refractivity contribution >= 4 is 12.4 Å². The lowest BCUT2D eigenvalue weighted by atomic mass is 10.2. The molecule has 0 unspecified atom stereocenters. The van der Waals surface area contributed by atoms with Gasteiger partial charge in [-0.2, -0.15) is 0 Å². The number of carboxylic acid groups (broad SMARTS) is 2. The Morgan fingerprint density at radius 3 is 1.67 bits per heavy atom. The average molecular weight is 258 g/mol. The molecule has 0 bridgehead atoms. The van der Waals surface area contributed by atoms with E-state index in [0.29, 0.717) is 5.56 Å². The highest BCUT2D eigenvalue weighted by Gasteiger charge is 1.96. The Morgan fingerprint density at radius 1 is 1.06 bits per heavy atom. The third kappa shape index (κ3) is 14.1. The summed E-state index contributed by atoms with van der Waals surface area (Å²) in [5, 5.41) is 31.4. The summed E-state index contributed by atoms with van der Waals surface area (Å²) in [5.74, 6) is -0.879. The van der Waals surface area contributed by atoms with Gasteiger partial charge in [-0.1, -0.05) is 18.2 Å². The molecule has 0 saturated heterocycles. The molecule has 0 spiro atoms. The van der Waals surface area contributed by atoms with Gasteiger partial charge in [-0.05, 0) is 25.0 Å². The van der Waals surface area contributed by atoms with Crippen molar-refractivity contribution in [3.05, 3.63) is 35.9 Å². The first-order valence-electron chi connectivity index (χ1n) is 5.21. The van der Waals surface area contributed by atoms with Crippen molar-refractivity contribution in [3.63, 3.8) is 0 Å². The molecule has 0 aliphatic heterocycles. The van der Waals surface area contributed by atoms with Crippen LogP contribution in [0.5, 0.6) is 0 Å². The molecule has 6 heteroatoms. The summed E-state index contributed by atoms with van der Waals surface area (Å²) < 4.78 is 0. The van der Waals surface area contributed by atoms with Gasteiger partial charge in [0.05, 0.1) is 5.56 Å². The lowest BCUT2D eigenvalue weighted by Crippen LogP contribution is -1.93. The van der Waals surface area contributed by atoms with Gasteiger partial charge >= 0.3 is 5.97 Å². The lowest BCUT2D eigenvalue weighted by molar-refractivity contribution is -0.122. The summed E-state index contributed by atoms with van der Waals surface area (Å²) >= 11 is 0. The van der Waals surface area contributed by atoms with Gasteiger partial charge in [0, 0.05) is 13.2 Å². The van der Waals surface area contributed by atoms with E-state index in [4.69, 9.17) is 25.2 Å². The Morgan fingerprint density at radius 2 is 1.44 bits per heavy atom. The summed E-state index contributed by atoms with van der Waals surface area (Å²) in [6.07, 6.45) is 1.44. The zero-order valence-electron chi connectivity index (χ0n) is 9.90. The van der Waals surface area contributed by atoms with Crippen LogP contribution < -0.4 is 0 Å². The fraction of sp³-hybridized carbons (Fsp3) is 0.333. The number of aliphatic hydroxyl groups is 2. The molecule has 0 fully saturated rings. The van der Waals surface area contributed by atoms with Crippen molar-refractivity contribution in [2.45, 2.75) is 12.8 Å². The van der Waals surface area contributed by atoms with Crippen molar-refractivity contribution < 1.29 is 30.0 Å². The Balaban J connectivity index is 0. The second kappa shape index (κ2) is 15.1. The van der Waals surface area contributed by atoms with E-state index in [9.17, 15) is 4.79 Å². The van der Waals surface area contributed by atoms with E-state index in [1.807, 2.05) is 0 Å². The molecule has 6 nitrogen and oxygen atoms in total. The predicted molar refractivity (Wildman–Crippen MR) is 65.5 cm³/mol. The fourth-order valence-electron chi connectivity index (χ4n) is 0.804.